The third-order valence-electron chi connectivity index (χ3n) is 5.09. The summed E-state index contributed by atoms with van der Waals surface area (Å²) in [6.07, 6.45) is 6.61. The number of aromatic nitrogens is 1. The van der Waals surface area contributed by atoms with E-state index in [0.717, 1.165) is 32.3 Å². The molecule has 29 heavy (non-hydrogen) atoms. The summed E-state index contributed by atoms with van der Waals surface area (Å²) in [5.74, 6) is -0.0686. The highest BCUT2D eigenvalue weighted by Gasteiger charge is 2.27. The Morgan fingerprint density at radius 1 is 1.14 bits per heavy atom. The zero-order valence-electron chi connectivity index (χ0n) is 16.2. The molecular weight excluding hydrogens is 378 g/mol. The summed E-state index contributed by atoms with van der Waals surface area (Å²) < 4.78 is 21.9. The Kier molecular flexibility index (Phi) is 6.26. The molecule has 2 saturated heterocycles. The summed E-state index contributed by atoms with van der Waals surface area (Å²) in [7, 11) is 0. The Labute approximate surface area is 168 Å². The van der Waals surface area contributed by atoms with Crippen molar-refractivity contribution in [2.75, 3.05) is 26.3 Å². The fraction of sp³-hybridized carbons (Fsp3) is 0.550. The number of amides is 2. The first kappa shape index (κ1) is 19.7. The van der Waals surface area contributed by atoms with Gasteiger partial charge < -0.3 is 28.5 Å². The van der Waals surface area contributed by atoms with Crippen LogP contribution in [0.3, 0.4) is 0 Å². The summed E-state index contributed by atoms with van der Waals surface area (Å²) in [6, 6.07) is 3.28. The lowest BCUT2D eigenvalue weighted by atomic mass is 10.2. The molecule has 9 heteroatoms. The van der Waals surface area contributed by atoms with Gasteiger partial charge in [-0.3, -0.25) is 9.59 Å². The predicted molar refractivity (Wildman–Crippen MR) is 100 cm³/mol. The summed E-state index contributed by atoms with van der Waals surface area (Å²) in [5, 5.41) is 2.81. The van der Waals surface area contributed by atoms with Crippen molar-refractivity contribution < 1.29 is 27.9 Å². The normalized spacial score (nSPS) is 21.4. The van der Waals surface area contributed by atoms with Gasteiger partial charge in [0.2, 0.25) is 5.89 Å². The number of hydrogen-bond donors (Lipinski definition) is 1. The number of nitrogens with zero attached hydrogens (tertiary/aromatic N) is 2. The Hall–Kier alpha value is -2.65. The first-order chi connectivity index (χ1) is 14.2. The van der Waals surface area contributed by atoms with Crippen LogP contribution in [0.5, 0.6) is 0 Å². The molecule has 0 aliphatic carbocycles. The van der Waals surface area contributed by atoms with Gasteiger partial charge in [-0.2, -0.15) is 0 Å². The van der Waals surface area contributed by atoms with Crippen molar-refractivity contribution in [2.45, 2.75) is 44.4 Å². The van der Waals surface area contributed by atoms with Gasteiger partial charge in [-0.25, -0.2) is 4.98 Å². The van der Waals surface area contributed by atoms with Crippen LogP contribution in [-0.4, -0.2) is 60.2 Å². The van der Waals surface area contributed by atoms with E-state index in [4.69, 9.17) is 18.3 Å². The number of furan rings is 1. The Bertz CT molecular complexity index is 806. The molecule has 0 radical (unpaired) electrons. The number of ether oxygens (including phenoxy) is 2. The number of nitrogens with one attached hydrogen (secondary N) is 1. The van der Waals surface area contributed by atoms with E-state index < -0.39 is 0 Å². The summed E-state index contributed by atoms with van der Waals surface area (Å²) in [6.45, 7) is 2.41. The summed E-state index contributed by atoms with van der Waals surface area (Å²) >= 11 is 0. The highest BCUT2D eigenvalue weighted by molar-refractivity contribution is 5.92. The molecule has 1 N–H and O–H groups in total. The van der Waals surface area contributed by atoms with Crippen LogP contribution in [0.1, 0.15) is 52.6 Å². The van der Waals surface area contributed by atoms with E-state index in [-0.39, 0.29) is 47.9 Å². The fourth-order valence-electron chi connectivity index (χ4n) is 3.56. The summed E-state index contributed by atoms with van der Waals surface area (Å²) in [5.41, 5.74) is 0.181. The van der Waals surface area contributed by atoms with E-state index >= 15 is 0 Å². The second kappa shape index (κ2) is 9.23. The quantitative estimate of drug-likeness (QED) is 0.718. The first-order valence-electron chi connectivity index (χ1n) is 9.97. The van der Waals surface area contributed by atoms with Crippen LogP contribution in [-0.2, 0) is 16.0 Å². The molecule has 2 aromatic heterocycles. The molecule has 2 amide bonds. The fourth-order valence-corrected chi connectivity index (χ4v) is 3.56. The monoisotopic (exact) mass is 403 g/mol. The lowest BCUT2D eigenvalue weighted by molar-refractivity contribution is 0.0464. The lowest BCUT2D eigenvalue weighted by Crippen LogP contribution is -2.37. The van der Waals surface area contributed by atoms with Crippen LogP contribution in [0.25, 0.3) is 0 Å². The molecule has 2 unspecified atom stereocenters. The summed E-state index contributed by atoms with van der Waals surface area (Å²) in [4.78, 5) is 30.9. The van der Waals surface area contributed by atoms with Crippen LogP contribution in [0.4, 0.5) is 0 Å². The van der Waals surface area contributed by atoms with Crippen LogP contribution in [0.15, 0.2) is 33.5 Å². The largest absolute Gasteiger partial charge is 0.459 e. The van der Waals surface area contributed by atoms with Crippen molar-refractivity contribution >= 4 is 11.8 Å². The van der Waals surface area contributed by atoms with E-state index in [9.17, 15) is 9.59 Å². The molecule has 4 heterocycles. The van der Waals surface area contributed by atoms with Crippen molar-refractivity contribution in [3.8, 4) is 0 Å². The first-order valence-corrected chi connectivity index (χ1v) is 9.97. The molecule has 2 atom stereocenters. The Morgan fingerprint density at radius 2 is 1.93 bits per heavy atom. The van der Waals surface area contributed by atoms with Crippen molar-refractivity contribution in [3.63, 3.8) is 0 Å². The molecule has 156 valence electrons. The minimum atomic E-state index is -0.321. The van der Waals surface area contributed by atoms with Gasteiger partial charge in [-0.15, -0.1) is 0 Å². The van der Waals surface area contributed by atoms with Crippen LogP contribution in [0, 0.1) is 0 Å². The molecule has 0 aromatic carbocycles. The maximum absolute atomic E-state index is 12.8. The second-order valence-corrected chi connectivity index (χ2v) is 7.27. The molecule has 4 rings (SSSR count). The van der Waals surface area contributed by atoms with Gasteiger partial charge in [0.25, 0.3) is 11.8 Å². The molecule has 2 fully saturated rings. The van der Waals surface area contributed by atoms with Gasteiger partial charge >= 0.3 is 0 Å². The van der Waals surface area contributed by atoms with Crippen LogP contribution >= 0.6 is 0 Å². The van der Waals surface area contributed by atoms with Crippen molar-refractivity contribution in [1.82, 2.24) is 15.2 Å². The number of carbonyl (C=O) groups excluding carboxylic acids is 2. The maximum Gasteiger partial charge on any atom is 0.290 e. The van der Waals surface area contributed by atoms with Crippen LogP contribution < -0.4 is 5.32 Å². The molecule has 0 bridgehead atoms. The standard InChI is InChI=1S/C20H25N3O6/c24-19(21-10-14-4-1-7-26-14)16-13-29-18(22-16)12-23(11-15-5-2-8-27-15)20(25)17-6-3-9-28-17/h3,6,9,13-15H,1-2,4-5,7-8,10-12H2,(H,21,24). The average molecular weight is 403 g/mol. The smallest absolute Gasteiger partial charge is 0.290 e. The van der Waals surface area contributed by atoms with Gasteiger partial charge in [-0.1, -0.05) is 0 Å². The Balaban J connectivity index is 1.38. The minimum absolute atomic E-state index is 0.0296. The zero-order valence-corrected chi connectivity index (χ0v) is 16.2. The number of carbonyl (C=O) groups is 2. The van der Waals surface area contributed by atoms with Gasteiger partial charge in [0.1, 0.15) is 6.26 Å². The third-order valence-corrected chi connectivity index (χ3v) is 5.09. The number of oxazole rings is 1. The van der Waals surface area contributed by atoms with Gasteiger partial charge in [0, 0.05) is 26.3 Å². The zero-order chi connectivity index (χ0) is 20.1. The number of rotatable bonds is 8. The maximum atomic E-state index is 12.8. The molecule has 0 spiro atoms. The second-order valence-electron chi connectivity index (χ2n) is 7.27. The topological polar surface area (TPSA) is 107 Å². The highest BCUT2D eigenvalue weighted by Crippen LogP contribution is 2.18. The van der Waals surface area contributed by atoms with Gasteiger partial charge in [0.15, 0.2) is 11.5 Å². The number of hydrogen-bond acceptors (Lipinski definition) is 7. The SMILES string of the molecule is O=C(NCC1CCCO1)c1coc(CN(CC2CCCO2)C(=O)c2ccco2)n1. The lowest BCUT2D eigenvalue weighted by Gasteiger charge is -2.23. The van der Waals surface area contributed by atoms with E-state index in [0.29, 0.717) is 19.7 Å². The minimum Gasteiger partial charge on any atom is -0.459 e. The molecule has 0 saturated carbocycles. The van der Waals surface area contributed by atoms with Crippen molar-refractivity contribution in [3.05, 3.63) is 42.0 Å². The van der Waals surface area contributed by atoms with E-state index in [1.54, 1.807) is 17.0 Å². The average Bonchev–Trinajstić information content (AvgIpc) is 3.53. The van der Waals surface area contributed by atoms with Crippen molar-refractivity contribution in [1.29, 1.82) is 0 Å². The van der Waals surface area contributed by atoms with E-state index in [1.807, 2.05) is 0 Å². The molecular formula is C20H25N3O6. The van der Waals surface area contributed by atoms with E-state index in [2.05, 4.69) is 10.3 Å². The van der Waals surface area contributed by atoms with Gasteiger partial charge in [0.05, 0.1) is 25.0 Å². The predicted octanol–water partition coefficient (Wildman–Crippen LogP) is 2.00. The molecule has 2 aliphatic heterocycles. The molecule has 2 aliphatic rings. The Morgan fingerprint density at radius 3 is 2.62 bits per heavy atom. The van der Waals surface area contributed by atoms with Gasteiger partial charge in [-0.05, 0) is 37.8 Å². The highest BCUT2D eigenvalue weighted by atomic mass is 16.5. The molecule has 9 nitrogen and oxygen atoms in total. The van der Waals surface area contributed by atoms with E-state index in [1.165, 1.54) is 12.5 Å². The van der Waals surface area contributed by atoms with Crippen molar-refractivity contribution in [2.24, 2.45) is 0 Å². The van der Waals surface area contributed by atoms with Crippen LogP contribution in [0.2, 0.25) is 0 Å². The third kappa shape index (κ3) is 5.04. The molecule has 2 aromatic rings.